The van der Waals surface area contributed by atoms with Crippen LogP contribution in [-0.4, -0.2) is 27.8 Å². The zero-order chi connectivity index (χ0) is 17.4. The van der Waals surface area contributed by atoms with Crippen molar-refractivity contribution in [3.63, 3.8) is 0 Å². The average Bonchev–Trinajstić information content (AvgIpc) is 3.30. The SMILES string of the molecule is O[C@H]1C[C@@H](c2cc(F)ccc2F)N(Cc2cc(-c3ccco3)on2)C1. The molecule has 0 spiro atoms. The summed E-state index contributed by atoms with van der Waals surface area (Å²) in [6.45, 7) is 0.700. The molecule has 0 amide bonds. The first-order chi connectivity index (χ1) is 12.1. The van der Waals surface area contributed by atoms with E-state index in [4.69, 9.17) is 8.94 Å². The zero-order valence-electron chi connectivity index (χ0n) is 13.2. The third kappa shape index (κ3) is 3.20. The molecule has 5 nitrogen and oxygen atoms in total. The second kappa shape index (κ2) is 6.42. The molecule has 25 heavy (non-hydrogen) atoms. The van der Waals surface area contributed by atoms with E-state index in [0.717, 1.165) is 12.1 Å². The van der Waals surface area contributed by atoms with E-state index in [1.165, 1.54) is 12.3 Å². The van der Waals surface area contributed by atoms with Gasteiger partial charge >= 0.3 is 0 Å². The van der Waals surface area contributed by atoms with Crippen molar-refractivity contribution >= 4 is 0 Å². The molecule has 7 heteroatoms. The minimum atomic E-state index is -0.607. The first-order valence-electron chi connectivity index (χ1n) is 7.96. The molecule has 1 aliphatic rings. The van der Waals surface area contributed by atoms with Gasteiger partial charge in [-0.3, -0.25) is 4.90 Å². The molecule has 3 aromatic rings. The number of likely N-dealkylation sites (tertiary alicyclic amines) is 1. The minimum absolute atomic E-state index is 0.242. The maximum Gasteiger partial charge on any atom is 0.202 e. The van der Waals surface area contributed by atoms with Crippen LogP contribution < -0.4 is 0 Å². The van der Waals surface area contributed by atoms with Gasteiger partial charge in [0, 0.05) is 30.8 Å². The number of aliphatic hydroxyl groups is 1. The molecular formula is C18H16F2N2O3. The van der Waals surface area contributed by atoms with Gasteiger partial charge in [0.1, 0.15) is 11.6 Å². The Balaban J connectivity index is 1.57. The number of halogens is 2. The Hall–Kier alpha value is -2.51. The van der Waals surface area contributed by atoms with E-state index in [0.29, 0.717) is 36.7 Å². The molecule has 130 valence electrons. The van der Waals surface area contributed by atoms with E-state index < -0.39 is 23.8 Å². The summed E-state index contributed by atoms with van der Waals surface area (Å²) < 4.78 is 38.2. The maximum absolute atomic E-state index is 14.1. The van der Waals surface area contributed by atoms with Crippen LogP contribution in [0.1, 0.15) is 23.7 Å². The van der Waals surface area contributed by atoms with Crippen LogP contribution in [-0.2, 0) is 6.54 Å². The van der Waals surface area contributed by atoms with Gasteiger partial charge in [-0.25, -0.2) is 8.78 Å². The molecule has 2 aromatic heterocycles. The predicted molar refractivity (Wildman–Crippen MR) is 84.3 cm³/mol. The molecule has 1 aromatic carbocycles. The van der Waals surface area contributed by atoms with Gasteiger partial charge in [0.15, 0.2) is 5.76 Å². The molecular weight excluding hydrogens is 330 g/mol. The number of furan rings is 1. The Bertz CT molecular complexity index is 863. The Morgan fingerprint density at radius 2 is 2.08 bits per heavy atom. The van der Waals surface area contributed by atoms with E-state index in [1.807, 2.05) is 4.90 Å². The Morgan fingerprint density at radius 3 is 2.88 bits per heavy atom. The van der Waals surface area contributed by atoms with E-state index in [-0.39, 0.29) is 5.56 Å². The molecule has 4 rings (SSSR count). The molecule has 1 saturated heterocycles. The van der Waals surface area contributed by atoms with Gasteiger partial charge in [-0.2, -0.15) is 0 Å². The fraction of sp³-hybridized carbons (Fsp3) is 0.278. The van der Waals surface area contributed by atoms with E-state index in [2.05, 4.69) is 5.16 Å². The highest BCUT2D eigenvalue weighted by molar-refractivity contribution is 5.49. The molecule has 0 bridgehead atoms. The highest BCUT2D eigenvalue weighted by Gasteiger charge is 2.34. The van der Waals surface area contributed by atoms with Crippen LogP contribution in [0.2, 0.25) is 0 Å². The standard InChI is InChI=1S/C18H16F2N2O3/c19-11-3-4-15(20)14(6-11)16-8-13(23)10-22(16)9-12-7-18(25-21-12)17-2-1-5-24-17/h1-7,13,16,23H,8-10H2/t13-,16-/m0/s1. The molecule has 2 atom stereocenters. The van der Waals surface area contributed by atoms with Crippen LogP contribution in [0.5, 0.6) is 0 Å². The van der Waals surface area contributed by atoms with Gasteiger partial charge < -0.3 is 14.0 Å². The van der Waals surface area contributed by atoms with Crippen molar-refractivity contribution in [2.45, 2.75) is 25.1 Å². The van der Waals surface area contributed by atoms with E-state index in [1.54, 1.807) is 18.2 Å². The van der Waals surface area contributed by atoms with Crippen molar-refractivity contribution in [2.24, 2.45) is 0 Å². The molecule has 3 heterocycles. The normalized spacial score (nSPS) is 21.1. The van der Waals surface area contributed by atoms with Gasteiger partial charge in [-0.1, -0.05) is 5.16 Å². The summed E-state index contributed by atoms with van der Waals surface area (Å²) in [5.74, 6) is 0.0716. The number of β-amino-alcohol motifs (C(OH)–C–C–N with tert-alkyl or cyclic N) is 1. The van der Waals surface area contributed by atoms with Crippen LogP contribution in [0.4, 0.5) is 8.78 Å². The molecule has 0 saturated carbocycles. The summed E-state index contributed by atoms with van der Waals surface area (Å²) in [6, 6.07) is 8.20. The summed E-state index contributed by atoms with van der Waals surface area (Å²) in [5, 5.41) is 14.0. The highest BCUT2D eigenvalue weighted by atomic mass is 19.1. The average molecular weight is 346 g/mol. The van der Waals surface area contributed by atoms with E-state index in [9.17, 15) is 13.9 Å². The monoisotopic (exact) mass is 346 g/mol. The van der Waals surface area contributed by atoms with Crippen LogP contribution in [0.15, 0.2) is 51.6 Å². The lowest BCUT2D eigenvalue weighted by atomic mass is 10.0. The number of hydrogen-bond donors (Lipinski definition) is 1. The van der Waals surface area contributed by atoms with Gasteiger partial charge in [-0.05, 0) is 36.8 Å². The lowest BCUT2D eigenvalue weighted by molar-refractivity contribution is 0.171. The summed E-state index contributed by atoms with van der Waals surface area (Å²) in [4.78, 5) is 1.87. The Labute approximate surface area is 142 Å². The van der Waals surface area contributed by atoms with Crippen molar-refractivity contribution in [1.29, 1.82) is 0 Å². The van der Waals surface area contributed by atoms with Gasteiger partial charge in [0.2, 0.25) is 5.76 Å². The maximum atomic E-state index is 14.1. The second-order valence-electron chi connectivity index (χ2n) is 6.16. The number of hydrogen-bond acceptors (Lipinski definition) is 5. The largest absolute Gasteiger partial charge is 0.461 e. The third-order valence-electron chi connectivity index (χ3n) is 4.39. The lowest BCUT2D eigenvalue weighted by Gasteiger charge is -2.23. The van der Waals surface area contributed by atoms with Crippen LogP contribution in [0.25, 0.3) is 11.5 Å². The van der Waals surface area contributed by atoms with Crippen molar-refractivity contribution in [3.8, 4) is 11.5 Å². The van der Waals surface area contributed by atoms with Crippen LogP contribution in [0, 0.1) is 11.6 Å². The van der Waals surface area contributed by atoms with Crippen molar-refractivity contribution in [3.05, 3.63) is 65.6 Å². The molecule has 0 aliphatic carbocycles. The topological polar surface area (TPSA) is 62.6 Å². The zero-order valence-corrected chi connectivity index (χ0v) is 13.2. The predicted octanol–water partition coefficient (Wildman–Crippen LogP) is 3.52. The summed E-state index contributed by atoms with van der Waals surface area (Å²) in [6.07, 6.45) is 1.27. The summed E-state index contributed by atoms with van der Waals surface area (Å²) in [5.41, 5.74) is 0.869. The molecule has 0 unspecified atom stereocenters. The molecule has 1 aliphatic heterocycles. The van der Waals surface area contributed by atoms with E-state index >= 15 is 0 Å². The van der Waals surface area contributed by atoms with Gasteiger partial charge in [0.25, 0.3) is 0 Å². The number of nitrogens with zero attached hydrogens (tertiary/aromatic N) is 2. The molecule has 1 fully saturated rings. The van der Waals surface area contributed by atoms with Crippen molar-refractivity contribution in [2.75, 3.05) is 6.54 Å². The quantitative estimate of drug-likeness (QED) is 0.783. The number of aromatic nitrogens is 1. The molecule has 0 radical (unpaired) electrons. The van der Waals surface area contributed by atoms with Crippen LogP contribution in [0.3, 0.4) is 0 Å². The van der Waals surface area contributed by atoms with Crippen molar-refractivity contribution < 1.29 is 22.8 Å². The first-order valence-corrected chi connectivity index (χ1v) is 7.96. The first kappa shape index (κ1) is 16.0. The van der Waals surface area contributed by atoms with Gasteiger partial charge in [-0.15, -0.1) is 0 Å². The van der Waals surface area contributed by atoms with Crippen LogP contribution >= 0.6 is 0 Å². The highest BCUT2D eigenvalue weighted by Crippen LogP contribution is 2.35. The lowest BCUT2D eigenvalue weighted by Crippen LogP contribution is -2.25. The summed E-state index contributed by atoms with van der Waals surface area (Å²) >= 11 is 0. The minimum Gasteiger partial charge on any atom is -0.461 e. The number of rotatable bonds is 4. The second-order valence-corrected chi connectivity index (χ2v) is 6.16. The third-order valence-corrected chi connectivity index (χ3v) is 4.39. The Kier molecular flexibility index (Phi) is 4.10. The van der Waals surface area contributed by atoms with Crippen molar-refractivity contribution in [1.82, 2.24) is 10.1 Å². The number of benzene rings is 1. The number of aliphatic hydroxyl groups excluding tert-OH is 1. The fourth-order valence-electron chi connectivity index (χ4n) is 3.28. The fourth-order valence-corrected chi connectivity index (χ4v) is 3.28. The smallest absolute Gasteiger partial charge is 0.202 e. The van der Waals surface area contributed by atoms with Gasteiger partial charge in [0.05, 0.1) is 18.1 Å². The summed E-state index contributed by atoms with van der Waals surface area (Å²) in [7, 11) is 0. The molecule has 1 N–H and O–H groups in total. The Morgan fingerprint density at radius 1 is 1.20 bits per heavy atom.